The molecule has 3 atom stereocenters. The molecule has 0 bridgehead atoms. The zero-order valence-electron chi connectivity index (χ0n) is 14.5. The van der Waals surface area contributed by atoms with Gasteiger partial charge in [0.05, 0.1) is 0 Å². The van der Waals surface area contributed by atoms with Crippen molar-refractivity contribution in [2.75, 3.05) is 0 Å². The van der Waals surface area contributed by atoms with Gasteiger partial charge >= 0.3 is 0 Å². The van der Waals surface area contributed by atoms with Crippen LogP contribution in [-0.2, 0) is 4.79 Å². The molecule has 2 rings (SSSR count). The van der Waals surface area contributed by atoms with Crippen LogP contribution < -0.4 is 11.1 Å². The van der Waals surface area contributed by atoms with E-state index in [1.165, 1.54) is 64.2 Å². The van der Waals surface area contributed by atoms with Crippen LogP contribution in [0.2, 0.25) is 0 Å². The quantitative estimate of drug-likeness (QED) is 0.770. The fourth-order valence-electron chi connectivity index (χ4n) is 4.24. The Balaban J connectivity index is 1.80. The minimum absolute atomic E-state index is 0.245. The number of hydrogen-bond donors (Lipinski definition) is 2. The zero-order chi connectivity index (χ0) is 15.8. The third-order valence-electron chi connectivity index (χ3n) is 5.82. The Bertz CT molecular complexity index is 321. The highest BCUT2D eigenvalue weighted by atomic mass is 16.1. The molecule has 0 radical (unpaired) electrons. The van der Waals surface area contributed by atoms with Crippen LogP contribution in [0, 0.1) is 11.8 Å². The van der Waals surface area contributed by atoms with Gasteiger partial charge in [-0.3, -0.25) is 4.79 Å². The van der Waals surface area contributed by atoms with E-state index in [9.17, 15) is 4.79 Å². The molecule has 22 heavy (non-hydrogen) atoms. The molecule has 0 spiro atoms. The molecule has 0 aromatic carbocycles. The van der Waals surface area contributed by atoms with E-state index < -0.39 is 0 Å². The van der Waals surface area contributed by atoms with E-state index in [1.807, 2.05) is 0 Å². The summed E-state index contributed by atoms with van der Waals surface area (Å²) in [5.41, 5.74) is 6.09. The van der Waals surface area contributed by atoms with Crippen LogP contribution in [0.5, 0.6) is 0 Å². The van der Waals surface area contributed by atoms with Gasteiger partial charge in [-0.15, -0.1) is 0 Å². The molecule has 2 fully saturated rings. The molecule has 0 aliphatic heterocycles. The van der Waals surface area contributed by atoms with Gasteiger partial charge in [0.25, 0.3) is 0 Å². The van der Waals surface area contributed by atoms with Gasteiger partial charge in [0.15, 0.2) is 0 Å². The first-order valence-corrected chi connectivity index (χ1v) is 9.72. The van der Waals surface area contributed by atoms with Crippen molar-refractivity contribution in [3.63, 3.8) is 0 Å². The van der Waals surface area contributed by atoms with Gasteiger partial charge in [-0.2, -0.15) is 0 Å². The highest BCUT2D eigenvalue weighted by Crippen LogP contribution is 2.27. The van der Waals surface area contributed by atoms with Crippen molar-refractivity contribution in [3.8, 4) is 0 Å². The number of amides is 1. The fraction of sp³-hybridized carbons (Fsp3) is 0.947. The van der Waals surface area contributed by atoms with Crippen LogP contribution in [0.4, 0.5) is 0 Å². The second-order valence-corrected chi connectivity index (χ2v) is 7.73. The van der Waals surface area contributed by atoms with Crippen LogP contribution in [0.1, 0.15) is 90.4 Å². The highest BCUT2D eigenvalue weighted by Gasteiger charge is 2.24. The van der Waals surface area contributed by atoms with Crippen LogP contribution in [-0.4, -0.2) is 18.0 Å². The molecule has 0 saturated heterocycles. The summed E-state index contributed by atoms with van der Waals surface area (Å²) in [6.07, 6.45) is 15.8. The molecule has 3 N–H and O–H groups in total. The maximum absolute atomic E-state index is 12.6. The Morgan fingerprint density at radius 2 is 1.41 bits per heavy atom. The lowest BCUT2D eigenvalue weighted by Gasteiger charge is -2.22. The van der Waals surface area contributed by atoms with E-state index in [1.54, 1.807) is 0 Å². The Kier molecular flexibility index (Phi) is 7.71. The summed E-state index contributed by atoms with van der Waals surface area (Å²) in [5.74, 6) is 1.24. The van der Waals surface area contributed by atoms with Gasteiger partial charge in [0, 0.05) is 18.0 Å². The normalized spacial score (nSPS) is 30.5. The summed E-state index contributed by atoms with van der Waals surface area (Å²) in [4.78, 5) is 12.6. The summed E-state index contributed by atoms with van der Waals surface area (Å²) >= 11 is 0. The molecule has 0 aromatic heterocycles. The SMILES string of the molecule is CC(N)C1CCCCC(C(=O)NC2CCCCCC2)CCC1. The van der Waals surface area contributed by atoms with Gasteiger partial charge in [0.2, 0.25) is 5.91 Å². The first kappa shape index (κ1) is 17.8. The number of nitrogens with one attached hydrogen (secondary N) is 1. The van der Waals surface area contributed by atoms with E-state index in [0.29, 0.717) is 23.9 Å². The molecule has 1 amide bonds. The van der Waals surface area contributed by atoms with Crippen LogP contribution in [0.3, 0.4) is 0 Å². The average molecular weight is 309 g/mol. The molecule has 0 heterocycles. The second kappa shape index (κ2) is 9.54. The van der Waals surface area contributed by atoms with Crippen molar-refractivity contribution >= 4 is 5.91 Å². The molecule has 3 heteroatoms. The predicted molar refractivity (Wildman–Crippen MR) is 92.6 cm³/mol. The largest absolute Gasteiger partial charge is 0.353 e. The van der Waals surface area contributed by atoms with Gasteiger partial charge < -0.3 is 11.1 Å². The van der Waals surface area contributed by atoms with Gasteiger partial charge in [-0.05, 0) is 51.4 Å². The predicted octanol–water partition coefficient (Wildman–Crippen LogP) is 4.15. The summed E-state index contributed by atoms with van der Waals surface area (Å²) < 4.78 is 0. The topological polar surface area (TPSA) is 55.1 Å². The monoisotopic (exact) mass is 308 g/mol. The van der Waals surface area contributed by atoms with Crippen molar-refractivity contribution in [2.24, 2.45) is 17.6 Å². The fourth-order valence-corrected chi connectivity index (χ4v) is 4.24. The highest BCUT2D eigenvalue weighted by molar-refractivity contribution is 5.78. The Labute approximate surface area is 136 Å². The Morgan fingerprint density at radius 1 is 0.864 bits per heavy atom. The van der Waals surface area contributed by atoms with Crippen molar-refractivity contribution in [1.29, 1.82) is 0 Å². The van der Waals surface area contributed by atoms with Crippen molar-refractivity contribution in [3.05, 3.63) is 0 Å². The molecule has 2 aliphatic rings. The molecule has 2 aliphatic carbocycles. The lowest BCUT2D eigenvalue weighted by molar-refractivity contribution is -0.126. The van der Waals surface area contributed by atoms with Crippen molar-refractivity contribution < 1.29 is 4.79 Å². The summed E-state index contributed by atoms with van der Waals surface area (Å²) in [5, 5.41) is 3.37. The van der Waals surface area contributed by atoms with E-state index in [0.717, 1.165) is 19.3 Å². The molecule has 2 saturated carbocycles. The zero-order valence-corrected chi connectivity index (χ0v) is 14.5. The molecule has 3 unspecified atom stereocenters. The van der Waals surface area contributed by atoms with Crippen LogP contribution in [0.25, 0.3) is 0 Å². The van der Waals surface area contributed by atoms with E-state index in [4.69, 9.17) is 5.73 Å². The Morgan fingerprint density at radius 3 is 2.09 bits per heavy atom. The minimum atomic E-state index is 0.245. The number of rotatable bonds is 3. The molecular formula is C19H36N2O. The van der Waals surface area contributed by atoms with Gasteiger partial charge in [0.1, 0.15) is 0 Å². The van der Waals surface area contributed by atoms with Crippen LogP contribution >= 0.6 is 0 Å². The number of nitrogens with two attached hydrogens (primary N) is 1. The third kappa shape index (κ3) is 5.91. The average Bonchev–Trinajstić information content (AvgIpc) is 2.67. The maximum atomic E-state index is 12.6. The lowest BCUT2D eigenvalue weighted by Crippen LogP contribution is -2.38. The molecule has 3 nitrogen and oxygen atoms in total. The number of hydrogen-bond acceptors (Lipinski definition) is 2. The Hall–Kier alpha value is -0.570. The van der Waals surface area contributed by atoms with Crippen molar-refractivity contribution in [1.82, 2.24) is 5.32 Å². The van der Waals surface area contributed by atoms with Gasteiger partial charge in [-0.25, -0.2) is 0 Å². The van der Waals surface area contributed by atoms with E-state index >= 15 is 0 Å². The van der Waals surface area contributed by atoms with Crippen molar-refractivity contribution in [2.45, 2.75) is 102 Å². The van der Waals surface area contributed by atoms with E-state index in [2.05, 4.69) is 12.2 Å². The number of carbonyl (C=O) groups excluding carboxylic acids is 1. The summed E-state index contributed by atoms with van der Waals surface area (Å²) in [6, 6.07) is 0.746. The summed E-state index contributed by atoms with van der Waals surface area (Å²) in [7, 11) is 0. The number of carbonyl (C=O) groups is 1. The van der Waals surface area contributed by atoms with Crippen LogP contribution in [0.15, 0.2) is 0 Å². The smallest absolute Gasteiger partial charge is 0.223 e. The standard InChI is InChI=1S/C19H36N2O/c1-15(20)16-9-6-7-10-17(12-8-11-16)19(22)21-18-13-4-2-3-5-14-18/h15-18H,2-14,20H2,1H3,(H,21,22). The lowest BCUT2D eigenvalue weighted by atomic mass is 9.90. The third-order valence-corrected chi connectivity index (χ3v) is 5.82. The minimum Gasteiger partial charge on any atom is -0.353 e. The molecular weight excluding hydrogens is 272 g/mol. The molecule has 0 aromatic rings. The first-order chi connectivity index (χ1) is 10.7. The maximum Gasteiger partial charge on any atom is 0.223 e. The summed E-state index contributed by atoms with van der Waals surface area (Å²) in [6.45, 7) is 2.14. The molecule has 128 valence electrons. The van der Waals surface area contributed by atoms with E-state index in [-0.39, 0.29) is 5.92 Å². The first-order valence-electron chi connectivity index (χ1n) is 9.72. The van der Waals surface area contributed by atoms with Gasteiger partial charge in [-0.1, -0.05) is 44.9 Å². The second-order valence-electron chi connectivity index (χ2n) is 7.73.